The van der Waals surface area contributed by atoms with Crippen LogP contribution in [-0.2, 0) is 58.8 Å². The normalized spacial score (nSPS) is 7.33. The molecule has 0 nitrogen and oxygen atoms in total. The molecule has 0 saturated carbocycles. The molecule has 0 N–H and O–H groups in total. The van der Waals surface area contributed by atoms with Crippen molar-refractivity contribution in [3.63, 3.8) is 0 Å². The Kier molecular flexibility index (Phi) is 102. The fourth-order valence-electron chi connectivity index (χ4n) is 0. The Morgan fingerprint density at radius 2 is 0.333 bits per heavy atom. The van der Waals surface area contributed by atoms with E-state index in [0.29, 0.717) is 0 Å². The van der Waals surface area contributed by atoms with E-state index in [4.69, 9.17) is 0 Å². The molecule has 0 aliphatic heterocycles. The summed E-state index contributed by atoms with van der Waals surface area (Å²) in [5.41, 5.74) is 0. The van der Waals surface area contributed by atoms with Crippen molar-refractivity contribution in [2.45, 2.75) is 46.9 Å². The SMILES string of the molecule is [CH3][Co][CH3].[CH3][Co][CH3].[CH3][Co][CH3].[CH3][Co][CH3]. The first kappa shape index (κ1) is 23.7. The van der Waals surface area contributed by atoms with E-state index >= 15 is 0 Å². The molecule has 0 radical (unpaired) electrons. The summed E-state index contributed by atoms with van der Waals surface area (Å²) in [6, 6.07) is 0. The Morgan fingerprint density at radius 3 is 0.333 bits per heavy atom. The van der Waals surface area contributed by atoms with Gasteiger partial charge < -0.3 is 0 Å². The molecule has 0 bridgehead atoms. The average Bonchev–Trinajstić information content (AvgIpc) is 1.92. The van der Waals surface area contributed by atoms with Crippen LogP contribution in [0.2, 0.25) is 46.9 Å². The number of rotatable bonds is 0. The van der Waals surface area contributed by atoms with Gasteiger partial charge in [0.1, 0.15) is 0 Å². The fourth-order valence-corrected chi connectivity index (χ4v) is 0. The maximum atomic E-state index is 2.09. The molecule has 0 aromatic heterocycles. The third-order valence-electron chi connectivity index (χ3n) is 0. The van der Waals surface area contributed by atoms with Crippen molar-refractivity contribution in [1.82, 2.24) is 0 Å². The third-order valence-corrected chi connectivity index (χ3v) is 0. The van der Waals surface area contributed by atoms with Crippen LogP contribution in [0.15, 0.2) is 0 Å². The van der Waals surface area contributed by atoms with Gasteiger partial charge in [-0.3, -0.25) is 0 Å². The van der Waals surface area contributed by atoms with Crippen LogP contribution in [0.25, 0.3) is 0 Å². The minimum atomic E-state index is 1.44. The standard InChI is InChI=1S/8CH3.4Co/h8*1H3;;;;. The molecular weight excluding hydrogens is 332 g/mol. The number of hydrogen-bond acceptors (Lipinski definition) is 0. The maximum absolute atomic E-state index is 2.09. The zero-order valence-electron chi connectivity index (χ0n) is 9.33. The van der Waals surface area contributed by atoms with Crippen LogP contribution in [0.4, 0.5) is 0 Å². The summed E-state index contributed by atoms with van der Waals surface area (Å²) < 4.78 is 0. The second-order valence-electron chi connectivity index (χ2n) is 1.33. The predicted molar refractivity (Wildman–Crippen MR) is 46.9 cm³/mol. The van der Waals surface area contributed by atoms with Crippen LogP contribution in [0, 0.1) is 0 Å². The van der Waals surface area contributed by atoms with Crippen molar-refractivity contribution in [3.8, 4) is 0 Å². The monoisotopic (exact) mass is 356 g/mol. The Morgan fingerprint density at radius 1 is 0.333 bits per heavy atom. The molecule has 4 heteroatoms. The topological polar surface area (TPSA) is 0 Å². The first-order valence-electron chi connectivity index (χ1n) is 2.67. The van der Waals surface area contributed by atoms with E-state index in [1.165, 1.54) is 58.8 Å². The molecule has 0 aromatic carbocycles. The molecule has 0 spiro atoms. The zero-order valence-corrected chi connectivity index (χ0v) is 13.5. The molecule has 0 unspecified atom stereocenters. The summed E-state index contributed by atoms with van der Waals surface area (Å²) in [6.45, 7) is 0. The molecular formula is C8H24Co4. The molecule has 0 amide bonds. The summed E-state index contributed by atoms with van der Waals surface area (Å²) in [5, 5.41) is 0. The molecule has 12 heavy (non-hydrogen) atoms. The first-order chi connectivity index (χ1) is 5.66. The summed E-state index contributed by atoms with van der Waals surface area (Å²) >= 11 is 5.75. The van der Waals surface area contributed by atoms with Gasteiger partial charge in [0.2, 0.25) is 0 Å². The Hall–Kier alpha value is 2.03. The zero-order chi connectivity index (χ0) is 10.8. The molecule has 0 aromatic rings. The van der Waals surface area contributed by atoms with E-state index in [1.807, 2.05) is 0 Å². The molecule has 0 aliphatic rings. The quantitative estimate of drug-likeness (QED) is 0.592. The van der Waals surface area contributed by atoms with E-state index in [9.17, 15) is 0 Å². The summed E-state index contributed by atoms with van der Waals surface area (Å²) in [7, 11) is 0. The van der Waals surface area contributed by atoms with Gasteiger partial charge in [0.05, 0.1) is 0 Å². The van der Waals surface area contributed by atoms with Crippen LogP contribution in [0.5, 0.6) is 0 Å². The van der Waals surface area contributed by atoms with Crippen LogP contribution in [0.1, 0.15) is 0 Å². The Bertz CT molecular complexity index is 19.0. The van der Waals surface area contributed by atoms with Gasteiger partial charge in [-0.1, -0.05) is 0 Å². The molecule has 0 aliphatic carbocycles. The summed E-state index contributed by atoms with van der Waals surface area (Å²) in [4.78, 5) is 0. The Balaban J connectivity index is -0.0000000356. The Labute approximate surface area is 105 Å². The fraction of sp³-hybridized carbons (Fsp3) is 1.00. The van der Waals surface area contributed by atoms with Gasteiger partial charge >= 0.3 is 106 Å². The van der Waals surface area contributed by atoms with Crippen molar-refractivity contribution in [2.24, 2.45) is 0 Å². The van der Waals surface area contributed by atoms with E-state index in [-0.39, 0.29) is 0 Å². The molecule has 0 rings (SSSR count). The minimum absolute atomic E-state index is 1.44. The van der Waals surface area contributed by atoms with Gasteiger partial charge in [-0.05, 0) is 0 Å². The van der Waals surface area contributed by atoms with Crippen molar-refractivity contribution in [1.29, 1.82) is 0 Å². The van der Waals surface area contributed by atoms with Gasteiger partial charge in [-0.15, -0.1) is 0 Å². The average molecular weight is 356 g/mol. The number of hydrogen-bond donors (Lipinski definition) is 0. The summed E-state index contributed by atoms with van der Waals surface area (Å²) in [6.07, 6.45) is 0. The second-order valence-corrected chi connectivity index (χ2v) is 5.50. The van der Waals surface area contributed by atoms with E-state index in [0.717, 1.165) is 0 Å². The van der Waals surface area contributed by atoms with E-state index in [2.05, 4.69) is 46.9 Å². The predicted octanol–water partition coefficient (Wildman–Crippen LogP) is 4.66. The molecule has 0 saturated heterocycles. The van der Waals surface area contributed by atoms with Gasteiger partial charge in [0.15, 0.2) is 0 Å². The van der Waals surface area contributed by atoms with E-state index < -0.39 is 0 Å². The van der Waals surface area contributed by atoms with Gasteiger partial charge in [-0.25, -0.2) is 0 Å². The second kappa shape index (κ2) is 51.9. The van der Waals surface area contributed by atoms with Crippen LogP contribution < -0.4 is 0 Å². The van der Waals surface area contributed by atoms with Crippen LogP contribution >= 0.6 is 0 Å². The van der Waals surface area contributed by atoms with Crippen molar-refractivity contribution in [2.75, 3.05) is 0 Å². The van der Waals surface area contributed by atoms with Crippen LogP contribution in [0.3, 0.4) is 0 Å². The van der Waals surface area contributed by atoms with Crippen LogP contribution in [-0.4, -0.2) is 0 Å². The van der Waals surface area contributed by atoms with Gasteiger partial charge in [0, 0.05) is 0 Å². The molecule has 92 valence electrons. The molecule has 0 atom stereocenters. The van der Waals surface area contributed by atoms with Gasteiger partial charge in [-0.2, -0.15) is 0 Å². The first-order valence-corrected chi connectivity index (χ1v) is 11.0. The van der Waals surface area contributed by atoms with Gasteiger partial charge in [0.25, 0.3) is 0 Å². The molecule has 0 heterocycles. The van der Waals surface area contributed by atoms with E-state index in [1.54, 1.807) is 0 Å². The summed E-state index contributed by atoms with van der Waals surface area (Å²) in [5.74, 6) is 16.8. The van der Waals surface area contributed by atoms with Crippen molar-refractivity contribution >= 4 is 0 Å². The van der Waals surface area contributed by atoms with Crippen molar-refractivity contribution in [3.05, 3.63) is 0 Å². The molecule has 0 fully saturated rings. The third kappa shape index (κ3) is 356. The van der Waals surface area contributed by atoms with Crippen molar-refractivity contribution < 1.29 is 58.8 Å².